The Morgan fingerprint density at radius 1 is 0.963 bits per heavy atom. The molecule has 1 saturated carbocycles. The maximum Gasteiger partial charge on any atom is 0.319 e. The van der Waals surface area contributed by atoms with Crippen LogP contribution in [-0.2, 0) is 5.54 Å². The van der Waals surface area contributed by atoms with Crippen molar-refractivity contribution in [2.24, 2.45) is 0 Å². The number of benzene rings is 2. The smallest absolute Gasteiger partial charge is 0.319 e. The monoisotopic (exact) mass is 357 g/mol. The number of amides is 2. The van der Waals surface area contributed by atoms with Crippen molar-refractivity contribution in [1.82, 2.24) is 10.3 Å². The topological polar surface area (TPSA) is 54.0 Å². The van der Waals surface area contributed by atoms with Crippen LogP contribution in [0.2, 0.25) is 0 Å². The van der Waals surface area contributed by atoms with Crippen molar-refractivity contribution in [3.63, 3.8) is 0 Å². The van der Waals surface area contributed by atoms with E-state index >= 15 is 0 Å². The fourth-order valence-electron chi connectivity index (χ4n) is 3.62. The van der Waals surface area contributed by atoms with Crippen LogP contribution in [0.4, 0.5) is 10.5 Å². The number of carbonyl (C=O) groups excluding carboxylic acids is 1. The van der Waals surface area contributed by atoms with Gasteiger partial charge < -0.3 is 10.6 Å². The highest BCUT2D eigenvalue weighted by molar-refractivity contribution is 5.90. The highest BCUT2D eigenvalue weighted by Gasteiger charge is 2.39. The number of nitrogens with zero attached hydrogens (tertiary/aromatic N) is 1. The van der Waals surface area contributed by atoms with Gasteiger partial charge in [-0.15, -0.1) is 0 Å². The first-order valence-corrected chi connectivity index (χ1v) is 9.32. The molecule has 2 amide bonds. The van der Waals surface area contributed by atoms with Crippen molar-refractivity contribution in [3.05, 3.63) is 84.2 Å². The summed E-state index contributed by atoms with van der Waals surface area (Å²) in [5.41, 5.74) is 4.93. The van der Waals surface area contributed by atoms with E-state index in [0.29, 0.717) is 0 Å². The van der Waals surface area contributed by atoms with Crippen LogP contribution in [0.15, 0.2) is 72.9 Å². The summed E-state index contributed by atoms with van der Waals surface area (Å²) in [6, 6.07) is 22.0. The molecule has 0 spiro atoms. The van der Waals surface area contributed by atoms with Gasteiger partial charge in [-0.1, -0.05) is 42.5 Å². The minimum absolute atomic E-state index is 0.161. The summed E-state index contributed by atoms with van der Waals surface area (Å²) < 4.78 is 0. The van der Waals surface area contributed by atoms with E-state index in [1.165, 1.54) is 5.56 Å². The third kappa shape index (κ3) is 3.70. The number of carbonyl (C=O) groups is 1. The van der Waals surface area contributed by atoms with Crippen LogP contribution in [0, 0.1) is 6.92 Å². The largest absolute Gasteiger partial charge is 0.328 e. The molecule has 1 aliphatic carbocycles. The van der Waals surface area contributed by atoms with Gasteiger partial charge in [-0.05, 0) is 67.1 Å². The third-order valence-electron chi connectivity index (χ3n) is 5.26. The lowest BCUT2D eigenvalue weighted by Crippen LogP contribution is -2.52. The fraction of sp³-hybridized carbons (Fsp3) is 0.217. The van der Waals surface area contributed by atoms with Gasteiger partial charge in [0.05, 0.1) is 5.54 Å². The fourth-order valence-corrected chi connectivity index (χ4v) is 3.62. The second kappa shape index (κ2) is 7.23. The van der Waals surface area contributed by atoms with Crippen LogP contribution in [0.5, 0.6) is 0 Å². The molecule has 0 aliphatic heterocycles. The van der Waals surface area contributed by atoms with Gasteiger partial charge in [-0.25, -0.2) is 4.79 Å². The molecule has 4 nitrogen and oxygen atoms in total. The molecule has 4 rings (SSSR count). The number of aromatic nitrogens is 1. The first-order chi connectivity index (χ1) is 13.1. The molecule has 1 aliphatic rings. The number of nitrogens with one attached hydrogen (secondary N) is 2. The van der Waals surface area contributed by atoms with Crippen LogP contribution >= 0.6 is 0 Å². The summed E-state index contributed by atoms with van der Waals surface area (Å²) in [6.45, 7) is 1.98. The Morgan fingerprint density at radius 3 is 2.33 bits per heavy atom. The Hall–Kier alpha value is -3.14. The zero-order chi connectivity index (χ0) is 18.7. The van der Waals surface area contributed by atoms with Crippen molar-refractivity contribution in [2.45, 2.75) is 31.7 Å². The number of urea groups is 1. The highest BCUT2D eigenvalue weighted by atomic mass is 16.2. The van der Waals surface area contributed by atoms with Crippen LogP contribution in [-0.4, -0.2) is 11.0 Å². The van der Waals surface area contributed by atoms with E-state index in [1.54, 1.807) is 0 Å². The van der Waals surface area contributed by atoms with Gasteiger partial charge >= 0.3 is 6.03 Å². The van der Waals surface area contributed by atoms with E-state index in [-0.39, 0.29) is 11.6 Å². The van der Waals surface area contributed by atoms with Crippen molar-refractivity contribution in [3.8, 4) is 11.1 Å². The lowest BCUT2D eigenvalue weighted by Gasteiger charge is -2.43. The molecule has 0 saturated heterocycles. The van der Waals surface area contributed by atoms with E-state index in [1.807, 2.05) is 61.7 Å². The molecule has 3 aromatic rings. The second-order valence-corrected chi connectivity index (χ2v) is 7.14. The van der Waals surface area contributed by atoms with Gasteiger partial charge in [0, 0.05) is 17.6 Å². The summed E-state index contributed by atoms with van der Waals surface area (Å²) in [7, 11) is 0. The lowest BCUT2D eigenvalue weighted by molar-refractivity contribution is 0.185. The first kappa shape index (κ1) is 17.3. The molecule has 4 heteroatoms. The number of hydrogen-bond donors (Lipinski definition) is 2. The number of aryl methyl sites for hydroxylation is 1. The molecule has 2 aromatic carbocycles. The number of anilines is 1. The Kier molecular flexibility index (Phi) is 4.63. The molecule has 1 fully saturated rings. The van der Waals surface area contributed by atoms with Gasteiger partial charge in [0.2, 0.25) is 0 Å². The molecular weight excluding hydrogens is 334 g/mol. The molecule has 27 heavy (non-hydrogen) atoms. The predicted octanol–water partition coefficient (Wildman–Crippen LogP) is 5.26. The quantitative estimate of drug-likeness (QED) is 0.669. The SMILES string of the molecule is Cc1cc(-c2ccc(NC(=O)NC3(c4ccccc4)CCC3)cc2)ccn1. The second-order valence-electron chi connectivity index (χ2n) is 7.14. The first-order valence-electron chi connectivity index (χ1n) is 9.32. The average molecular weight is 357 g/mol. The third-order valence-corrected chi connectivity index (χ3v) is 5.26. The summed E-state index contributed by atoms with van der Waals surface area (Å²) in [6.07, 6.45) is 4.90. The maximum atomic E-state index is 12.6. The highest BCUT2D eigenvalue weighted by Crippen LogP contribution is 2.41. The predicted molar refractivity (Wildman–Crippen MR) is 109 cm³/mol. The molecule has 1 aromatic heterocycles. The van der Waals surface area contributed by atoms with Gasteiger partial charge in [-0.2, -0.15) is 0 Å². The van der Waals surface area contributed by atoms with Gasteiger partial charge in [0.25, 0.3) is 0 Å². The maximum absolute atomic E-state index is 12.6. The molecule has 136 valence electrons. The van der Waals surface area contributed by atoms with E-state index in [4.69, 9.17) is 0 Å². The van der Waals surface area contributed by atoms with Crippen LogP contribution < -0.4 is 10.6 Å². The van der Waals surface area contributed by atoms with Gasteiger partial charge in [-0.3, -0.25) is 4.98 Å². The molecular formula is C23H23N3O. The zero-order valence-corrected chi connectivity index (χ0v) is 15.4. The Labute approximate surface area is 159 Å². The van der Waals surface area contributed by atoms with Crippen molar-refractivity contribution in [2.75, 3.05) is 5.32 Å². The molecule has 0 bridgehead atoms. The van der Waals surface area contributed by atoms with E-state index < -0.39 is 0 Å². The summed E-state index contributed by atoms with van der Waals surface area (Å²) >= 11 is 0. The summed E-state index contributed by atoms with van der Waals surface area (Å²) in [5.74, 6) is 0. The minimum Gasteiger partial charge on any atom is -0.328 e. The normalized spacial score (nSPS) is 14.9. The minimum atomic E-state index is -0.236. The van der Waals surface area contributed by atoms with Gasteiger partial charge in [0.1, 0.15) is 0 Å². The number of pyridine rings is 1. The summed E-state index contributed by atoms with van der Waals surface area (Å²) in [5, 5.41) is 6.15. The van der Waals surface area contributed by atoms with Crippen LogP contribution in [0.1, 0.15) is 30.5 Å². The van der Waals surface area contributed by atoms with Crippen LogP contribution in [0.3, 0.4) is 0 Å². The van der Waals surface area contributed by atoms with Crippen molar-refractivity contribution >= 4 is 11.7 Å². The molecule has 1 heterocycles. The molecule has 0 radical (unpaired) electrons. The van der Waals surface area contributed by atoms with E-state index in [2.05, 4.69) is 33.8 Å². The Morgan fingerprint density at radius 2 is 1.70 bits per heavy atom. The standard InChI is InChI=1S/C23H23N3O/c1-17-16-19(12-15-24-17)18-8-10-21(11-9-18)25-22(27)26-23(13-5-14-23)20-6-3-2-4-7-20/h2-4,6-12,15-16H,5,13-14H2,1H3,(H2,25,26,27). The van der Waals surface area contributed by atoms with Crippen molar-refractivity contribution in [1.29, 1.82) is 0 Å². The lowest BCUT2D eigenvalue weighted by atomic mass is 9.72. The van der Waals surface area contributed by atoms with Crippen molar-refractivity contribution < 1.29 is 4.79 Å². The average Bonchev–Trinajstić information content (AvgIpc) is 2.66. The summed E-state index contributed by atoms with van der Waals surface area (Å²) in [4.78, 5) is 16.8. The Balaban J connectivity index is 1.44. The molecule has 0 unspecified atom stereocenters. The zero-order valence-electron chi connectivity index (χ0n) is 15.4. The van der Waals surface area contributed by atoms with E-state index in [9.17, 15) is 4.79 Å². The number of hydrogen-bond acceptors (Lipinski definition) is 2. The molecule has 0 atom stereocenters. The van der Waals surface area contributed by atoms with Crippen LogP contribution in [0.25, 0.3) is 11.1 Å². The number of rotatable bonds is 4. The molecule has 2 N–H and O–H groups in total. The Bertz CT molecular complexity index is 931. The van der Waals surface area contributed by atoms with E-state index in [0.717, 1.165) is 41.8 Å². The van der Waals surface area contributed by atoms with Gasteiger partial charge in [0.15, 0.2) is 0 Å².